The van der Waals surface area contributed by atoms with Crippen molar-refractivity contribution in [2.24, 2.45) is 0 Å². The van der Waals surface area contributed by atoms with Gasteiger partial charge >= 0.3 is 11.4 Å². The molecular weight excluding hydrogens is 348 g/mol. The van der Waals surface area contributed by atoms with Crippen LogP contribution >= 0.6 is 0 Å². The summed E-state index contributed by atoms with van der Waals surface area (Å²) in [4.78, 5) is 55.9. The van der Waals surface area contributed by atoms with Gasteiger partial charge in [-0.15, -0.1) is 0 Å². The highest BCUT2D eigenvalue weighted by Gasteiger charge is 2.36. The molecule has 0 spiro atoms. The molecule has 4 rings (SSSR count). The molecule has 3 heterocycles. The van der Waals surface area contributed by atoms with Crippen LogP contribution in [-0.2, 0) is 0 Å². The first-order valence-electron chi connectivity index (χ1n) is 7.28. The lowest BCUT2D eigenvalue weighted by Crippen LogP contribution is -2.34. The van der Waals surface area contributed by atoms with E-state index in [4.69, 9.17) is 4.74 Å². The minimum atomic E-state index is -1.17. The van der Waals surface area contributed by atoms with Crippen molar-refractivity contribution in [2.45, 2.75) is 5.92 Å². The minimum Gasteiger partial charge on any atom is -0.508 e. The number of phenolic OH excluding ortho intramolecular Hbond substituents is 1. The lowest BCUT2D eigenvalue weighted by molar-refractivity contribution is 0.410. The molecule has 0 amide bonds. The van der Waals surface area contributed by atoms with Gasteiger partial charge in [-0.1, -0.05) is 6.07 Å². The van der Waals surface area contributed by atoms with E-state index < -0.39 is 34.3 Å². The lowest BCUT2D eigenvalue weighted by Gasteiger charge is -2.26. The van der Waals surface area contributed by atoms with E-state index in [1.165, 1.54) is 18.2 Å². The van der Waals surface area contributed by atoms with Gasteiger partial charge in [0, 0.05) is 11.6 Å². The SMILES string of the molecule is O=c1[nH]c(O)c([C@@H]2c3ccc(O)cc3Oc3[nH]c(=O)[nH]c(=O)c32)c(=O)[nH]1. The topological polar surface area (TPSA) is 181 Å². The fourth-order valence-electron chi connectivity index (χ4n) is 2.99. The van der Waals surface area contributed by atoms with Crippen molar-refractivity contribution in [2.75, 3.05) is 0 Å². The van der Waals surface area contributed by atoms with Crippen LogP contribution in [0.3, 0.4) is 0 Å². The molecule has 2 aromatic heterocycles. The zero-order valence-electron chi connectivity index (χ0n) is 12.7. The predicted octanol–water partition coefficient (Wildman–Crippen LogP) is -0.863. The number of H-pyrrole nitrogens is 4. The number of ether oxygens (including phenoxy) is 1. The lowest BCUT2D eigenvalue weighted by atomic mass is 9.85. The molecule has 26 heavy (non-hydrogen) atoms. The van der Waals surface area contributed by atoms with Crippen LogP contribution in [0.15, 0.2) is 37.4 Å². The normalized spacial score (nSPS) is 15.0. The third-order valence-corrected chi connectivity index (χ3v) is 4.00. The maximum absolute atomic E-state index is 12.4. The summed E-state index contributed by atoms with van der Waals surface area (Å²) >= 11 is 0. The minimum absolute atomic E-state index is 0.0637. The van der Waals surface area contributed by atoms with E-state index in [-0.39, 0.29) is 34.1 Å². The molecule has 0 unspecified atom stereocenters. The van der Waals surface area contributed by atoms with Crippen molar-refractivity contribution in [3.05, 3.63) is 76.6 Å². The number of hydrogen-bond acceptors (Lipinski definition) is 7. The second kappa shape index (κ2) is 5.24. The summed E-state index contributed by atoms with van der Waals surface area (Å²) in [6.07, 6.45) is 0. The van der Waals surface area contributed by atoms with Crippen molar-refractivity contribution >= 4 is 0 Å². The number of benzene rings is 1. The molecule has 0 fully saturated rings. The summed E-state index contributed by atoms with van der Waals surface area (Å²) in [6.45, 7) is 0. The Hall–Kier alpha value is -4.02. The standard InChI is InChI=1S/C15H10N4O7/c20-4-1-2-5-6(3-4)26-13-9(12(23)18-15(25)19-13)7(5)8-10(21)16-14(24)17-11(8)22/h1-3,7,20H,(H2,18,19,23,25)(H3,16,17,21,22,24)/t7-/m0/s1. The van der Waals surface area contributed by atoms with Gasteiger partial charge in [0.2, 0.25) is 11.8 Å². The summed E-state index contributed by atoms with van der Waals surface area (Å²) in [5.74, 6) is -2.24. The van der Waals surface area contributed by atoms with E-state index in [0.717, 1.165) is 0 Å². The molecule has 6 N–H and O–H groups in total. The number of fused-ring (bicyclic) bond motifs is 2. The number of aromatic nitrogens is 4. The Balaban J connectivity index is 2.14. The Kier molecular flexibility index (Phi) is 3.12. The molecule has 3 aromatic rings. The number of rotatable bonds is 1. The molecule has 11 nitrogen and oxygen atoms in total. The van der Waals surface area contributed by atoms with Crippen LogP contribution in [0, 0.1) is 0 Å². The number of aromatic hydroxyl groups is 2. The Morgan fingerprint density at radius 2 is 1.50 bits per heavy atom. The van der Waals surface area contributed by atoms with Crippen molar-refractivity contribution < 1.29 is 14.9 Å². The van der Waals surface area contributed by atoms with Crippen molar-refractivity contribution in [3.8, 4) is 23.3 Å². The molecule has 0 radical (unpaired) electrons. The van der Waals surface area contributed by atoms with E-state index in [1.54, 1.807) is 0 Å². The summed E-state index contributed by atoms with van der Waals surface area (Å²) in [6, 6.07) is 3.92. The molecule has 0 saturated carbocycles. The second-order valence-electron chi connectivity index (χ2n) is 5.58. The maximum atomic E-state index is 12.4. The van der Waals surface area contributed by atoms with E-state index >= 15 is 0 Å². The van der Waals surface area contributed by atoms with Gasteiger partial charge in [-0.2, -0.15) is 0 Å². The highest BCUT2D eigenvalue weighted by Crippen LogP contribution is 2.45. The molecule has 1 aliphatic heterocycles. The maximum Gasteiger partial charge on any atom is 0.328 e. The second-order valence-corrected chi connectivity index (χ2v) is 5.58. The first-order valence-corrected chi connectivity index (χ1v) is 7.28. The Labute approximate surface area is 141 Å². The molecule has 132 valence electrons. The van der Waals surface area contributed by atoms with Gasteiger partial charge < -0.3 is 14.9 Å². The highest BCUT2D eigenvalue weighted by atomic mass is 16.5. The molecule has 1 aromatic carbocycles. The first-order chi connectivity index (χ1) is 12.3. The fourth-order valence-corrected chi connectivity index (χ4v) is 2.99. The predicted molar refractivity (Wildman–Crippen MR) is 86.2 cm³/mol. The quantitative estimate of drug-likeness (QED) is 0.256. The van der Waals surface area contributed by atoms with Crippen LogP contribution in [0.4, 0.5) is 0 Å². The van der Waals surface area contributed by atoms with Gasteiger partial charge in [0.25, 0.3) is 11.1 Å². The molecule has 0 aliphatic carbocycles. The first kappa shape index (κ1) is 15.5. The van der Waals surface area contributed by atoms with Gasteiger partial charge in [-0.3, -0.25) is 29.5 Å². The van der Waals surface area contributed by atoms with Crippen molar-refractivity contribution in [1.29, 1.82) is 0 Å². The highest BCUT2D eigenvalue weighted by molar-refractivity contribution is 5.58. The fraction of sp³-hybridized carbons (Fsp3) is 0.0667. The van der Waals surface area contributed by atoms with E-state index in [1.807, 2.05) is 9.97 Å². The number of phenols is 1. The van der Waals surface area contributed by atoms with Crippen LogP contribution in [0.2, 0.25) is 0 Å². The Morgan fingerprint density at radius 3 is 2.19 bits per heavy atom. The third kappa shape index (κ3) is 2.22. The zero-order chi connectivity index (χ0) is 18.6. The van der Waals surface area contributed by atoms with Crippen molar-refractivity contribution in [1.82, 2.24) is 19.9 Å². The molecule has 11 heteroatoms. The summed E-state index contributed by atoms with van der Waals surface area (Å²) < 4.78 is 5.47. The summed E-state index contributed by atoms with van der Waals surface area (Å²) in [5, 5.41) is 19.8. The number of aromatic amines is 4. The van der Waals surface area contributed by atoms with Crippen LogP contribution < -0.4 is 27.2 Å². The average molecular weight is 358 g/mol. The van der Waals surface area contributed by atoms with Crippen LogP contribution in [-0.4, -0.2) is 30.1 Å². The number of hydrogen-bond donors (Lipinski definition) is 6. The van der Waals surface area contributed by atoms with E-state index in [9.17, 15) is 29.4 Å². The van der Waals surface area contributed by atoms with E-state index in [0.29, 0.717) is 0 Å². The van der Waals surface area contributed by atoms with Gasteiger partial charge in [-0.05, 0) is 6.07 Å². The zero-order valence-corrected chi connectivity index (χ0v) is 12.7. The van der Waals surface area contributed by atoms with Gasteiger partial charge in [0.1, 0.15) is 11.5 Å². The third-order valence-electron chi connectivity index (χ3n) is 4.00. The van der Waals surface area contributed by atoms with Crippen LogP contribution in [0.1, 0.15) is 22.6 Å². The molecule has 0 bridgehead atoms. The van der Waals surface area contributed by atoms with Crippen LogP contribution in [0.5, 0.6) is 23.3 Å². The largest absolute Gasteiger partial charge is 0.508 e. The monoisotopic (exact) mass is 358 g/mol. The molecular formula is C15H10N4O7. The van der Waals surface area contributed by atoms with Gasteiger partial charge in [0.15, 0.2) is 0 Å². The van der Waals surface area contributed by atoms with Gasteiger partial charge in [0.05, 0.1) is 17.0 Å². The Bertz CT molecular complexity index is 1260. The average Bonchev–Trinajstić information content (AvgIpc) is 2.52. The van der Waals surface area contributed by atoms with E-state index in [2.05, 4.69) is 9.97 Å². The molecule has 1 atom stereocenters. The number of nitrogens with one attached hydrogen (secondary N) is 4. The summed E-state index contributed by atoms with van der Waals surface area (Å²) in [5.41, 5.74) is -3.72. The van der Waals surface area contributed by atoms with Gasteiger partial charge in [-0.25, -0.2) is 9.59 Å². The molecule has 0 saturated heterocycles. The summed E-state index contributed by atoms with van der Waals surface area (Å²) in [7, 11) is 0. The van der Waals surface area contributed by atoms with Crippen LogP contribution in [0.25, 0.3) is 0 Å². The van der Waals surface area contributed by atoms with Crippen molar-refractivity contribution in [3.63, 3.8) is 0 Å². The smallest absolute Gasteiger partial charge is 0.328 e. The molecule has 1 aliphatic rings. The Morgan fingerprint density at radius 1 is 0.846 bits per heavy atom.